The van der Waals surface area contributed by atoms with Gasteiger partial charge >= 0.3 is 0 Å². The molecule has 0 spiro atoms. The molecular formula is C15H11N3O2. The van der Waals surface area contributed by atoms with Crippen molar-refractivity contribution >= 4 is 17.4 Å². The number of benzene rings is 1. The zero-order valence-corrected chi connectivity index (χ0v) is 10.8. The quantitative estimate of drug-likeness (QED) is 0.864. The molecule has 0 unspecified atom stereocenters. The summed E-state index contributed by atoms with van der Waals surface area (Å²) in [6.07, 6.45) is 0. The molecule has 1 amide bonds. The number of pyridine rings is 1. The van der Waals surface area contributed by atoms with E-state index in [4.69, 9.17) is 5.26 Å². The van der Waals surface area contributed by atoms with E-state index in [-0.39, 0.29) is 17.2 Å². The Morgan fingerprint density at radius 3 is 2.45 bits per heavy atom. The fourth-order valence-electron chi connectivity index (χ4n) is 1.61. The van der Waals surface area contributed by atoms with Gasteiger partial charge in [0, 0.05) is 11.3 Å². The van der Waals surface area contributed by atoms with Crippen LogP contribution in [0.4, 0.5) is 5.69 Å². The fraction of sp³-hybridized carbons (Fsp3) is 0.0667. The Hall–Kier alpha value is -3.00. The molecule has 0 saturated heterocycles. The van der Waals surface area contributed by atoms with E-state index in [1.54, 1.807) is 30.3 Å². The summed E-state index contributed by atoms with van der Waals surface area (Å²) in [6, 6.07) is 13.1. The molecule has 1 aromatic heterocycles. The zero-order chi connectivity index (χ0) is 14.5. The molecule has 98 valence electrons. The number of hydrogen-bond acceptors (Lipinski definition) is 4. The number of nitriles is 1. The minimum atomic E-state index is -0.405. The second-order valence-electron chi connectivity index (χ2n) is 4.11. The number of nitrogens with zero attached hydrogens (tertiary/aromatic N) is 2. The lowest BCUT2D eigenvalue weighted by molar-refractivity contribution is 0.101. The summed E-state index contributed by atoms with van der Waals surface area (Å²) in [5.41, 5.74) is 1.49. The molecule has 1 heterocycles. The maximum absolute atomic E-state index is 12.0. The molecule has 5 heteroatoms. The molecule has 0 atom stereocenters. The van der Waals surface area contributed by atoms with Crippen molar-refractivity contribution in [3.05, 3.63) is 59.4 Å². The Kier molecular flexibility index (Phi) is 3.87. The average molecular weight is 265 g/mol. The van der Waals surface area contributed by atoms with E-state index in [2.05, 4.69) is 10.3 Å². The average Bonchev–Trinajstić information content (AvgIpc) is 2.47. The van der Waals surface area contributed by atoms with Crippen LogP contribution in [0.1, 0.15) is 33.5 Å². The topological polar surface area (TPSA) is 82.9 Å². The Labute approximate surface area is 115 Å². The van der Waals surface area contributed by atoms with E-state index >= 15 is 0 Å². The monoisotopic (exact) mass is 265 g/mol. The summed E-state index contributed by atoms with van der Waals surface area (Å²) < 4.78 is 0. The molecule has 0 saturated carbocycles. The van der Waals surface area contributed by atoms with Gasteiger partial charge in [0.05, 0.1) is 0 Å². The van der Waals surface area contributed by atoms with Crippen LogP contribution in [-0.4, -0.2) is 16.7 Å². The summed E-state index contributed by atoms with van der Waals surface area (Å²) in [7, 11) is 0. The van der Waals surface area contributed by atoms with Gasteiger partial charge in [0.1, 0.15) is 17.5 Å². The Bertz CT molecular complexity index is 700. The third kappa shape index (κ3) is 3.06. The van der Waals surface area contributed by atoms with Crippen molar-refractivity contribution in [2.24, 2.45) is 0 Å². The van der Waals surface area contributed by atoms with Gasteiger partial charge in [0.25, 0.3) is 5.91 Å². The van der Waals surface area contributed by atoms with Gasteiger partial charge in [-0.3, -0.25) is 9.59 Å². The lowest BCUT2D eigenvalue weighted by Gasteiger charge is -2.05. The number of rotatable bonds is 3. The molecule has 0 bridgehead atoms. The van der Waals surface area contributed by atoms with E-state index in [1.165, 1.54) is 19.1 Å². The molecule has 0 aliphatic rings. The Morgan fingerprint density at radius 2 is 1.85 bits per heavy atom. The first kappa shape index (κ1) is 13.4. The van der Waals surface area contributed by atoms with Crippen LogP contribution in [0.15, 0.2) is 42.5 Å². The number of hydrogen-bond donors (Lipinski definition) is 1. The highest BCUT2D eigenvalue weighted by atomic mass is 16.2. The molecule has 0 fully saturated rings. The van der Waals surface area contributed by atoms with Gasteiger partial charge in [-0.25, -0.2) is 4.98 Å². The highest BCUT2D eigenvalue weighted by Crippen LogP contribution is 2.11. The molecule has 20 heavy (non-hydrogen) atoms. The van der Waals surface area contributed by atoms with Crippen molar-refractivity contribution in [3.8, 4) is 6.07 Å². The minimum absolute atomic E-state index is 0.0359. The van der Waals surface area contributed by atoms with Gasteiger partial charge in [-0.2, -0.15) is 5.26 Å². The number of amides is 1. The van der Waals surface area contributed by atoms with E-state index in [1.807, 2.05) is 6.07 Å². The second kappa shape index (κ2) is 5.76. The number of ketones is 1. The van der Waals surface area contributed by atoms with Crippen LogP contribution >= 0.6 is 0 Å². The van der Waals surface area contributed by atoms with Gasteiger partial charge < -0.3 is 5.32 Å². The first-order valence-corrected chi connectivity index (χ1v) is 5.89. The van der Waals surface area contributed by atoms with Gasteiger partial charge in [0.15, 0.2) is 5.78 Å². The smallest absolute Gasteiger partial charge is 0.274 e. The van der Waals surface area contributed by atoms with Gasteiger partial charge in [0.2, 0.25) is 0 Å². The number of carbonyl (C=O) groups excluding carboxylic acids is 2. The first-order chi connectivity index (χ1) is 9.60. The highest BCUT2D eigenvalue weighted by molar-refractivity contribution is 6.03. The van der Waals surface area contributed by atoms with Gasteiger partial charge in [-0.15, -0.1) is 0 Å². The molecule has 1 N–H and O–H groups in total. The third-order valence-electron chi connectivity index (χ3n) is 2.65. The first-order valence-electron chi connectivity index (χ1n) is 5.89. The Balaban J connectivity index is 2.15. The molecule has 0 aliphatic heterocycles. The molecule has 0 radical (unpaired) electrons. The summed E-state index contributed by atoms with van der Waals surface area (Å²) in [5.74, 6) is -0.441. The summed E-state index contributed by atoms with van der Waals surface area (Å²) in [4.78, 5) is 27.0. The number of nitrogens with one attached hydrogen (secondary N) is 1. The maximum Gasteiger partial charge on any atom is 0.274 e. The predicted octanol–water partition coefficient (Wildman–Crippen LogP) is 2.41. The third-order valence-corrected chi connectivity index (χ3v) is 2.65. The van der Waals surface area contributed by atoms with Crippen molar-refractivity contribution in [2.75, 3.05) is 5.32 Å². The van der Waals surface area contributed by atoms with E-state index < -0.39 is 5.91 Å². The fourth-order valence-corrected chi connectivity index (χ4v) is 1.61. The van der Waals surface area contributed by atoms with Gasteiger partial charge in [-0.05, 0) is 43.3 Å². The normalized spacial score (nSPS) is 9.60. The largest absolute Gasteiger partial charge is 0.321 e. The van der Waals surface area contributed by atoms with Crippen molar-refractivity contribution in [2.45, 2.75) is 6.92 Å². The zero-order valence-electron chi connectivity index (χ0n) is 10.8. The summed E-state index contributed by atoms with van der Waals surface area (Å²) in [5, 5.41) is 11.4. The predicted molar refractivity (Wildman–Crippen MR) is 73.4 cm³/mol. The molecule has 1 aromatic carbocycles. The van der Waals surface area contributed by atoms with E-state index in [0.717, 1.165) is 0 Å². The minimum Gasteiger partial charge on any atom is -0.321 e. The second-order valence-corrected chi connectivity index (χ2v) is 4.11. The number of carbonyl (C=O) groups is 2. The standard InChI is InChI=1S/C15H11N3O2/c1-10(19)11-5-7-12(8-6-11)18-15(20)14-4-2-3-13(9-16)17-14/h2-8H,1H3,(H,18,20). The van der Waals surface area contributed by atoms with Crippen molar-refractivity contribution < 1.29 is 9.59 Å². The number of Topliss-reactive ketones (excluding diaryl/α,β-unsaturated/α-hetero) is 1. The van der Waals surface area contributed by atoms with Crippen LogP contribution in [0, 0.1) is 11.3 Å². The van der Waals surface area contributed by atoms with Crippen molar-refractivity contribution in [3.63, 3.8) is 0 Å². The van der Waals surface area contributed by atoms with Crippen LogP contribution in [0.2, 0.25) is 0 Å². The molecule has 0 aliphatic carbocycles. The maximum atomic E-state index is 12.0. The van der Waals surface area contributed by atoms with Crippen molar-refractivity contribution in [1.29, 1.82) is 5.26 Å². The molecule has 2 aromatic rings. The van der Waals surface area contributed by atoms with Crippen LogP contribution in [0.5, 0.6) is 0 Å². The van der Waals surface area contributed by atoms with Crippen LogP contribution in [0.25, 0.3) is 0 Å². The van der Waals surface area contributed by atoms with Crippen LogP contribution in [-0.2, 0) is 0 Å². The van der Waals surface area contributed by atoms with Crippen LogP contribution in [0.3, 0.4) is 0 Å². The molecule has 5 nitrogen and oxygen atoms in total. The lowest BCUT2D eigenvalue weighted by Crippen LogP contribution is -2.14. The number of aromatic nitrogens is 1. The van der Waals surface area contributed by atoms with Crippen LogP contribution < -0.4 is 5.32 Å². The lowest BCUT2D eigenvalue weighted by atomic mass is 10.1. The van der Waals surface area contributed by atoms with Gasteiger partial charge in [-0.1, -0.05) is 6.07 Å². The Morgan fingerprint density at radius 1 is 1.15 bits per heavy atom. The van der Waals surface area contributed by atoms with E-state index in [0.29, 0.717) is 11.3 Å². The summed E-state index contributed by atoms with van der Waals surface area (Å²) in [6.45, 7) is 1.48. The molecule has 2 rings (SSSR count). The highest BCUT2D eigenvalue weighted by Gasteiger charge is 2.08. The van der Waals surface area contributed by atoms with E-state index in [9.17, 15) is 9.59 Å². The molecular weight excluding hydrogens is 254 g/mol. The number of anilines is 1. The van der Waals surface area contributed by atoms with Crippen molar-refractivity contribution in [1.82, 2.24) is 4.98 Å². The summed E-state index contributed by atoms with van der Waals surface area (Å²) >= 11 is 0. The SMILES string of the molecule is CC(=O)c1ccc(NC(=O)c2cccc(C#N)n2)cc1.